The SMILES string of the molecule is BrC12CC3CC4C5CC(CC41)CC2C5C3. The fourth-order valence-electron chi connectivity index (χ4n) is 6.84. The van der Waals surface area contributed by atoms with Gasteiger partial charge in [-0.1, -0.05) is 15.9 Å². The summed E-state index contributed by atoms with van der Waals surface area (Å²) in [5.41, 5.74) is 0. The Morgan fingerprint density at radius 2 is 1.33 bits per heavy atom. The minimum Gasteiger partial charge on any atom is -0.0847 e. The van der Waals surface area contributed by atoms with E-state index >= 15 is 0 Å². The van der Waals surface area contributed by atoms with Crippen LogP contribution in [0.5, 0.6) is 0 Å². The van der Waals surface area contributed by atoms with Crippen LogP contribution in [-0.4, -0.2) is 4.32 Å². The molecule has 0 spiro atoms. The highest BCUT2D eigenvalue weighted by molar-refractivity contribution is 9.10. The number of alkyl halides is 1. The fraction of sp³-hybridized carbons (Fsp3) is 1.00. The van der Waals surface area contributed by atoms with Crippen LogP contribution in [0.1, 0.15) is 38.5 Å². The third-order valence-electron chi connectivity index (χ3n) is 6.96. The summed E-state index contributed by atoms with van der Waals surface area (Å²) in [6.45, 7) is 0. The molecule has 0 aromatic heterocycles. The van der Waals surface area contributed by atoms with Gasteiger partial charge in [0.25, 0.3) is 0 Å². The van der Waals surface area contributed by atoms with Gasteiger partial charge in [-0.3, -0.25) is 0 Å². The Labute approximate surface area is 100 Å². The molecule has 0 saturated heterocycles. The van der Waals surface area contributed by atoms with Gasteiger partial charge in [-0.25, -0.2) is 0 Å². The van der Waals surface area contributed by atoms with E-state index in [4.69, 9.17) is 0 Å². The van der Waals surface area contributed by atoms with E-state index in [0.29, 0.717) is 4.32 Å². The van der Waals surface area contributed by atoms with Crippen LogP contribution < -0.4 is 0 Å². The number of halogens is 1. The lowest BCUT2D eigenvalue weighted by molar-refractivity contribution is -0.184. The summed E-state index contributed by atoms with van der Waals surface area (Å²) in [6, 6.07) is 0. The summed E-state index contributed by atoms with van der Waals surface area (Å²) in [5, 5.41) is 0. The van der Waals surface area contributed by atoms with Gasteiger partial charge in [-0.2, -0.15) is 0 Å². The summed E-state index contributed by atoms with van der Waals surface area (Å²) in [6.07, 6.45) is 9.55. The summed E-state index contributed by atoms with van der Waals surface area (Å²) in [7, 11) is 0. The first kappa shape index (κ1) is 8.55. The number of rotatable bonds is 0. The number of hydrogen-bond donors (Lipinski definition) is 0. The third-order valence-corrected chi connectivity index (χ3v) is 8.46. The van der Waals surface area contributed by atoms with E-state index in [1.54, 1.807) is 32.1 Å². The predicted octanol–water partition coefficient (Wildman–Crippen LogP) is 3.84. The van der Waals surface area contributed by atoms with E-state index in [1.165, 1.54) is 12.3 Å². The molecule has 0 aromatic rings. The van der Waals surface area contributed by atoms with E-state index in [-0.39, 0.29) is 0 Å². The van der Waals surface area contributed by atoms with Crippen LogP contribution in [0.4, 0.5) is 0 Å². The average molecular weight is 267 g/mol. The van der Waals surface area contributed by atoms with Crippen molar-refractivity contribution >= 4 is 15.9 Å². The first-order chi connectivity index (χ1) is 7.25. The Morgan fingerprint density at radius 1 is 0.733 bits per heavy atom. The molecule has 0 N–H and O–H groups in total. The Morgan fingerprint density at radius 3 is 2.00 bits per heavy atom. The van der Waals surface area contributed by atoms with E-state index in [0.717, 1.165) is 35.5 Å². The van der Waals surface area contributed by atoms with Gasteiger partial charge in [0.15, 0.2) is 0 Å². The second-order valence-electron chi connectivity index (χ2n) is 7.25. The summed E-state index contributed by atoms with van der Waals surface area (Å²) in [4.78, 5) is 0. The maximum absolute atomic E-state index is 4.25. The quantitative estimate of drug-likeness (QED) is 0.585. The molecular formula is C14H19Br. The third kappa shape index (κ3) is 0.789. The molecule has 0 aliphatic heterocycles. The van der Waals surface area contributed by atoms with Crippen LogP contribution in [0, 0.1) is 41.4 Å². The lowest BCUT2D eigenvalue weighted by Crippen LogP contribution is -2.68. The van der Waals surface area contributed by atoms with Crippen molar-refractivity contribution in [2.45, 2.75) is 42.8 Å². The van der Waals surface area contributed by atoms with Crippen molar-refractivity contribution in [1.82, 2.24) is 0 Å². The first-order valence-corrected chi connectivity index (χ1v) is 7.74. The molecule has 1 heteroatoms. The van der Waals surface area contributed by atoms with Crippen molar-refractivity contribution < 1.29 is 0 Å². The molecular weight excluding hydrogens is 248 g/mol. The van der Waals surface area contributed by atoms with Crippen molar-refractivity contribution in [3.8, 4) is 0 Å². The topological polar surface area (TPSA) is 0 Å². The standard InChI is InChI=1S/C14H19Br/c15-14-6-8-2-10-9-1-7(4-12(10)14)5-13(14)11(9)3-8/h7-13H,1-6H2. The van der Waals surface area contributed by atoms with Gasteiger partial charge in [-0.15, -0.1) is 0 Å². The zero-order valence-electron chi connectivity index (χ0n) is 9.16. The normalized spacial score (nSPS) is 73.0. The van der Waals surface area contributed by atoms with Gasteiger partial charge < -0.3 is 0 Å². The molecule has 0 nitrogen and oxygen atoms in total. The molecule has 4 atom stereocenters. The maximum Gasteiger partial charge on any atom is 0.0322 e. The molecule has 15 heavy (non-hydrogen) atoms. The molecule has 7 aliphatic rings. The molecule has 4 unspecified atom stereocenters. The van der Waals surface area contributed by atoms with E-state index in [1.807, 2.05) is 0 Å². The predicted molar refractivity (Wildman–Crippen MR) is 63.8 cm³/mol. The zero-order valence-corrected chi connectivity index (χ0v) is 10.7. The Bertz CT molecular complexity index is 312. The molecule has 7 rings (SSSR count). The van der Waals surface area contributed by atoms with Crippen LogP contribution in [0.2, 0.25) is 0 Å². The maximum atomic E-state index is 4.25. The van der Waals surface area contributed by atoms with Gasteiger partial charge >= 0.3 is 0 Å². The highest BCUT2D eigenvalue weighted by Crippen LogP contribution is 2.74. The Kier molecular flexibility index (Phi) is 1.34. The molecule has 7 saturated carbocycles. The van der Waals surface area contributed by atoms with Gasteiger partial charge in [0.05, 0.1) is 0 Å². The lowest BCUT2D eigenvalue weighted by atomic mass is 9.36. The van der Waals surface area contributed by atoms with Crippen molar-refractivity contribution in [3.63, 3.8) is 0 Å². The second kappa shape index (κ2) is 2.35. The fourth-order valence-corrected chi connectivity index (χ4v) is 8.35. The molecule has 0 radical (unpaired) electrons. The van der Waals surface area contributed by atoms with Crippen molar-refractivity contribution in [3.05, 3.63) is 0 Å². The van der Waals surface area contributed by atoms with Crippen LogP contribution >= 0.6 is 15.9 Å². The van der Waals surface area contributed by atoms with E-state index < -0.39 is 0 Å². The highest BCUT2D eigenvalue weighted by atomic mass is 79.9. The van der Waals surface area contributed by atoms with Crippen molar-refractivity contribution in [1.29, 1.82) is 0 Å². The van der Waals surface area contributed by atoms with Crippen LogP contribution in [0.3, 0.4) is 0 Å². The van der Waals surface area contributed by atoms with E-state index in [2.05, 4.69) is 15.9 Å². The Hall–Kier alpha value is 0.480. The molecule has 82 valence electrons. The first-order valence-electron chi connectivity index (χ1n) is 6.94. The van der Waals surface area contributed by atoms with Gasteiger partial charge in [0.2, 0.25) is 0 Å². The molecule has 0 amide bonds. The molecule has 0 aromatic carbocycles. The Balaban J connectivity index is 1.73. The monoisotopic (exact) mass is 266 g/mol. The van der Waals surface area contributed by atoms with Crippen molar-refractivity contribution in [2.75, 3.05) is 0 Å². The van der Waals surface area contributed by atoms with Gasteiger partial charge in [-0.05, 0) is 80.0 Å². The minimum absolute atomic E-state index is 0.636. The molecule has 7 aliphatic carbocycles. The molecule has 8 bridgehead atoms. The van der Waals surface area contributed by atoms with Crippen molar-refractivity contribution in [2.24, 2.45) is 41.4 Å². The van der Waals surface area contributed by atoms with E-state index in [9.17, 15) is 0 Å². The smallest absolute Gasteiger partial charge is 0.0322 e. The number of hydrogen-bond acceptors (Lipinski definition) is 0. The largest absolute Gasteiger partial charge is 0.0847 e. The molecule has 7 fully saturated rings. The van der Waals surface area contributed by atoms with Crippen LogP contribution in [-0.2, 0) is 0 Å². The van der Waals surface area contributed by atoms with Crippen LogP contribution in [0.15, 0.2) is 0 Å². The van der Waals surface area contributed by atoms with Gasteiger partial charge in [0.1, 0.15) is 0 Å². The lowest BCUT2D eigenvalue weighted by Gasteiger charge is -2.73. The highest BCUT2D eigenvalue weighted by Gasteiger charge is 2.69. The van der Waals surface area contributed by atoms with Gasteiger partial charge in [0, 0.05) is 4.32 Å². The summed E-state index contributed by atoms with van der Waals surface area (Å²) in [5.74, 6) is 7.90. The average Bonchev–Trinajstić information content (AvgIpc) is 2.24. The second-order valence-corrected chi connectivity index (χ2v) is 8.72. The zero-order chi connectivity index (χ0) is 9.78. The summed E-state index contributed by atoms with van der Waals surface area (Å²) < 4.78 is 0.636. The molecule has 0 heterocycles. The summed E-state index contributed by atoms with van der Waals surface area (Å²) >= 11 is 4.25. The minimum atomic E-state index is 0.636. The van der Waals surface area contributed by atoms with Crippen LogP contribution in [0.25, 0.3) is 0 Å².